The summed E-state index contributed by atoms with van der Waals surface area (Å²) < 4.78 is 0. The predicted molar refractivity (Wildman–Crippen MR) is 71.6 cm³/mol. The molecule has 0 saturated carbocycles. The second-order valence-electron chi connectivity index (χ2n) is 3.88. The highest BCUT2D eigenvalue weighted by Crippen LogP contribution is 2.08. The fourth-order valence-electron chi connectivity index (χ4n) is 1.57. The summed E-state index contributed by atoms with van der Waals surface area (Å²) in [5, 5.41) is 12.5. The number of aliphatic hydroxyl groups excluding tert-OH is 1. The number of hydrogen-bond donors (Lipinski definition) is 2. The van der Waals surface area contributed by atoms with E-state index in [2.05, 4.69) is 15.3 Å². The van der Waals surface area contributed by atoms with Gasteiger partial charge < -0.3 is 10.4 Å². The Hall–Kier alpha value is -1.65. The first kappa shape index (κ1) is 12.8. The first-order chi connectivity index (χ1) is 8.78. The van der Waals surface area contributed by atoms with Gasteiger partial charge in [0.15, 0.2) is 0 Å². The number of hydrogen-bond acceptors (Lipinski definition) is 4. The largest absolute Gasteiger partial charge is 0.392 e. The molecule has 0 saturated heterocycles. The molecule has 0 amide bonds. The summed E-state index contributed by atoms with van der Waals surface area (Å²) in [5.41, 5.74) is 2.13. The number of nitrogens with one attached hydrogen (secondary N) is 1. The van der Waals surface area contributed by atoms with Crippen molar-refractivity contribution < 1.29 is 5.11 Å². The van der Waals surface area contributed by atoms with E-state index in [1.54, 1.807) is 6.20 Å². The third-order valence-corrected chi connectivity index (χ3v) is 2.71. The van der Waals surface area contributed by atoms with Crippen LogP contribution in [-0.2, 0) is 13.0 Å². The van der Waals surface area contributed by atoms with Gasteiger partial charge in [0.1, 0.15) is 11.0 Å². The van der Waals surface area contributed by atoms with Crippen molar-refractivity contribution in [2.75, 3.05) is 11.9 Å². The Morgan fingerprint density at radius 3 is 2.50 bits per heavy atom. The zero-order chi connectivity index (χ0) is 12.8. The Kier molecular flexibility index (Phi) is 4.50. The highest BCUT2D eigenvalue weighted by atomic mass is 35.5. The van der Waals surface area contributed by atoms with E-state index in [1.165, 1.54) is 11.8 Å². The maximum absolute atomic E-state index is 8.94. The van der Waals surface area contributed by atoms with Crippen LogP contribution < -0.4 is 5.32 Å². The van der Waals surface area contributed by atoms with E-state index in [-0.39, 0.29) is 6.61 Å². The zero-order valence-electron chi connectivity index (χ0n) is 9.81. The van der Waals surface area contributed by atoms with E-state index in [0.29, 0.717) is 11.0 Å². The molecular formula is C13H14ClN3O. The molecule has 0 fully saturated rings. The average molecular weight is 264 g/mol. The lowest BCUT2D eigenvalue weighted by Crippen LogP contribution is -2.06. The van der Waals surface area contributed by atoms with E-state index in [1.807, 2.05) is 24.3 Å². The Labute approximate surface area is 111 Å². The molecular weight excluding hydrogens is 250 g/mol. The van der Waals surface area contributed by atoms with E-state index in [0.717, 1.165) is 18.5 Å². The Morgan fingerprint density at radius 2 is 1.83 bits per heavy atom. The molecule has 0 bridgehead atoms. The van der Waals surface area contributed by atoms with Crippen LogP contribution in [0.1, 0.15) is 11.1 Å². The number of anilines is 1. The van der Waals surface area contributed by atoms with Gasteiger partial charge >= 0.3 is 0 Å². The third-order valence-electron chi connectivity index (χ3n) is 2.53. The lowest BCUT2D eigenvalue weighted by molar-refractivity contribution is 0.282. The number of benzene rings is 1. The fourth-order valence-corrected chi connectivity index (χ4v) is 1.72. The minimum atomic E-state index is 0.0800. The van der Waals surface area contributed by atoms with E-state index in [4.69, 9.17) is 16.7 Å². The second-order valence-corrected chi connectivity index (χ2v) is 4.27. The molecule has 0 aliphatic heterocycles. The molecule has 18 heavy (non-hydrogen) atoms. The summed E-state index contributed by atoms with van der Waals surface area (Å²) >= 11 is 5.74. The Morgan fingerprint density at radius 1 is 1.11 bits per heavy atom. The van der Waals surface area contributed by atoms with Crippen molar-refractivity contribution in [3.8, 4) is 0 Å². The molecule has 2 aromatic rings. The molecule has 0 aliphatic carbocycles. The van der Waals surface area contributed by atoms with Gasteiger partial charge in [-0.2, -0.15) is 0 Å². The van der Waals surface area contributed by atoms with Gasteiger partial charge in [0, 0.05) is 6.54 Å². The monoisotopic (exact) mass is 263 g/mol. The minimum absolute atomic E-state index is 0.0800. The second kappa shape index (κ2) is 6.33. The summed E-state index contributed by atoms with van der Waals surface area (Å²) in [6, 6.07) is 7.87. The highest BCUT2D eigenvalue weighted by Gasteiger charge is 1.97. The molecule has 0 aliphatic rings. The van der Waals surface area contributed by atoms with Gasteiger partial charge in [-0.25, -0.2) is 4.98 Å². The number of halogens is 1. The topological polar surface area (TPSA) is 58.0 Å². The highest BCUT2D eigenvalue weighted by molar-refractivity contribution is 6.29. The van der Waals surface area contributed by atoms with Crippen molar-refractivity contribution in [1.82, 2.24) is 9.97 Å². The summed E-state index contributed by atoms with van der Waals surface area (Å²) in [7, 11) is 0. The average Bonchev–Trinajstić information content (AvgIpc) is 2.40. The van der Waals surface area contributed by atoms with Gasteiger partial charge in [-0.3, -0.25) is 4.98 Å². The van der Waals surface area contributed by atoms with Crippen molar-refractivity contribution in [3.05, 3.63) is 52.9 Å². The molecule has 1 aromatic heterocycles. The fraction of sp³-hybridized carbons (Fsp3) is 0.231. The minimum Gasteiger partial charge on any atom is -0.392 e. The first-order valence-electron chi connectivity index (χ1n) is 5.68. The van der Waals surface area contributed by atoms with Crippen LogP contribution in [-0.4, -0.2) is 21.6 Å². The van der Waals surface area contributed by atoms with Crippen LogP contribution in [0.2, 0.25) is 5.15 Å². The normalized spacial score (nSPS) is 10.3. The Balaban J connectivity index is 1.84. The van der Waals surface area contributed by atoms with Crippen molar-refractivity contribution in [2.45, 2.75) is 13.0 Å². The molecule has 1 heterocycles. The van der Waals surface area contributed by atoms with Crippen LogP contribution in [0.25, 0.3) is 0 Å². The molecule has 4 nitrogen and oxygen atoms in total. The lowest BCUT2D eigenvalue weighted by Gasteiger charge is -2.06. The number of rotatable bonds is 5. The van der Waals surface area contributed by atoms with Crippen molar-refractivity contribution in [1.29, 1.82) is 0 Å². The molecule has 2 rings (SSSR count). The van der Waals surface area contributed by atoms with Gasteiger partial charge in [0.05, 0.1) is 19.0 Å². The molecule has 0 unspecified atom stereocenters. The molecule has 2 N–H and O–H groups in total. The van der Waals surface area contributed by atoms with Crippen molar-refractivity contribution in [2.24, 2.45) is 0 Å². The number of aliphatic hydroxyl groups is 1. The van der Waals surface area contributed by atoms with Crippen LogP contribution in [0.4, 0.5) is 5.82 Å². The van der Waals surface area contributed by atoms with Crippen LogP contribution in [0.3, 0.4) is 0 Å². The summed E-state index contributed by atoms with van der Waals surface area (Å²) in [6.45, 7) is 0.837. The van der Waals surface area contributed by atoms with Gasteiger partial charge in [-0.15, -0.1) is 0 Å². The molecule has 94 valence electrons. The van der Waals surface area contributed by atoms with Crippen LogP contribution in [0.5, 0.6) is 0 Å². The molecule has 1 aromatic carbocycles. The lowest BCUT2D eigenvalue weighted by atomic mass is 10.1. The quantitative estimate of drug-likeness (QED) is 0.869. The number of aromatic nitrogens is 2. The first-order valence-corrected chi connectivity index (χ1v) is 6.06. The molecule has 5 heteroatoms. The summed E-state index contributed by atoms with van der Waals surface area (Å²) in [4.78, 5) is 8.04. The van der Waals surface area contributed by atoms with Crippen LogP contribution in [0, 0.1) is 0 Å². The van der Waals surface area contributed by atoms with Crippen molar-refractivity contribution >= 4 is 17.4 Å². The van der Waals surface area contributed by atoms with Crippen LogP contribution in [0.15, 0.2) is 36.7 Å². The maximum Gasteiger partial charge on any atom is 0.149 e. The zero-order valence-corrected chi connectivity index (χ0v) is 10.6. The summed E-state index contributed by atoms with van der Waals surface area (Å²) in [6.07, 6.45) is 4.01. The smallest absolute Gasteiger partial charge is 0.149 e. The summed E-state index contributed by atoms with van der Waals surface area (Å²) in [5.74, 6) is 0.675. The van der Waals surface area contributed by atoms with E-state index in [9.17, 15) is 0 Å². The predicted octanol–water partition coefficient (Wildman–Crippen LogP) is 2.28. The molecule has 0 spiro atoms. The van der Waals surface area contributed by atoms with E-state index < -0.39 is 0 Å². The maximum atomic E-state index is 8.94. The molecule has 0 radical (unpaired) electrons. The van der Waals surface area contributed by atoms with Gasteiger partial charge in [-0.1, -0.05) is 35.9 Å². The van der Waals surface area contributed by atoms with Gasteiger partial charge in [0.25, 0.3) is 0 Å². The van der Waals surface area contributed by atoms with Gasteiger partial charge in [0.2, 0.25) is 0 Å². The number of nitrogens with zero attached hydrogens (tertiary/aromatic N) is 2. The Bertz CT molecular complexity index is 502. The SMILES string of the molecule is OCc1ccc(CCNc2cncc(Cl)n2)cc1. The standard InChI is InChI=1S/C13H14ClN3O/c14-12-7-15-8-13(17-12)16-6-5-10-1-3-11(9-18)4-2-10/h1-4,7-8,18H,5-6,9H2,(H,16,17). The van der Waals surface area contributed by atoms with E-state index >= 15 is 0 Å². The van der Waals surface area contributed by atoms with Crippen molar-refractivity contribution in [3.63, 3.8) is 0 Å². The third kappa shape index (κ3) is 3.68. The molecule has 0 atom stereocenters. The van der Waals surface area contributed by atoms with Gasteiger partial charge in [-0.05, 0) is 17.5 Å². The van der Waals surface area contributed by atoms with Crippen LogP contribution >= 0.6 is 11.6 Å².